The molecule has 0 amide bonds. The van der Waals surface area contributed by atoms with Crippen LogP contribution in [0.3, 0.4) is 0 Å². The summed E-state index contributed by atoms with van der Waals surface area (Å²) in [5.41, 5.74) is 11.9. The van der Waals surface area contributed by atoms with Crippen molar-refractivity contribution in [3.05, 3.63) is 35.0 Å². The lowest BCUT2D eigenvalue weighted by Crippen LogP contribution is -2.18. The summed E-state index contributed by atoms with van der Waals surface area (Å²) in [6.45, 7) is 3.02. The summed E-state index contributed by atoms with van der Waals surface area (Å²) < 4.78 is 2.42. The Morgan fingerprint density at radius 1 is 1.39 bits per heavy atom. The van der Waals surface area contributed by atoms with E-state index in [1.54, 1.807) is 0 Å². The second-order valence-corrected chi connectivity index (χ2v) is 5.41. The zero-order valence-corrected chi connectivity index (χ0v) is 11.4. The Labute approximate surface area is 109 Å². The Morgan fingerprint density at radius 2 is 2.22 bits per heavy atom. The standard InChI is InChI=1S/C16H22N2/c1-3-11-6-4-8-13-15-12(10-17)7-5-9-14(15)18(2)16(11)13/h4,6,8,12H,3,5,7,9-10,17H2,1-2H3. The van der Waals surface area contributed by atoms with Gasteiger partial charge in [0.05, 0.1) is 5.52 Å². The van der Waals surface area contributed by atoms with Crippen LogP contribution in [0.4, 0.5) is 0 Å². The van der Waals surface area contributed by atoms with Gasteiger partial charge in [0.25, 0.3) is 0 Å². The molecule has 0 aliphatic heterocycles. The van der Waals surface area contributed by atoms with Gasteiger partial charge in [-0.05, 0) is 49.3 Å². The molecule has 18 heavy (non-hydrogen) atoms. The van der Waals surface area contributed by atoms with E-state index in [2.05, 4.69) is 36.7 Å². The lowest BCUT2D eigenvalue weighted by molar-refractivity contribution is 0.549. The zero-order valence-electron chi connectivity index (χ0n) is 11.4. The molecule has 2 heteroatoms. The molecule has 1 atom stereocenters. The zero-order chi connectivity index (χ0) is 12.7. The Bertz CT molecular complexity index is 580. The van der Waals surface area contributed by atoms with E-state index in [0.29, 0.717) is 5.92 Å². The maximum absolute atomic E-state index is 5.98. The number of aromatic nitrogens is 1. The summed E-state index contributed by atoms with van der Waals surface area (Å²) >= 11 is 0. The quantitative estimate of drug-likeness (QED) is 0.862. The van der Waals surface area contributed by atoms with E-state index in [4.69, 9.17) is 5.73 Å². The predicted octanol–water partition coefficient (Wildman–Crippen LogP) is 3.12. The van der Waals surface area contributed by atoms with Gasteiger partial charge in [-0.15, -0.1) is 0 Å². The normalized spacial score (nSPS) is 19.2. The van der Waals surface area contributed by atoms with E-state index in [-0.39, 0.29) is 0 Å². The Kier molecular flexibility index (Phi) is 2.90. The highest BCUT2D eigenvalue weighted by Gasteiger charge is 2.26. The fourth-order valence-corrected chi connectivity index (χ4v) is 3.62. The summed E-state index contributed by atoms with van der Waals surface area (Å²) in [5.74, 6) is 0.560. The van der Waals surface area contributed by atoms with Crippen LogP contribution < -0.4 is 5.73 Å². The van der Waals surface area contributed by atoms with E-state index in [9.17, 15) is 0 Å². The van der Waals surface area contributed by atoms with Gasteiger partial charge in [-0.1, -0.05) is 25.1 Å². The molecule has 0 saturated carbocycles. The van der Waals surface area contributed by atoms with Crippen molar-refractivity contribution in [1.29, 1.82) is 0 Å². The second-order valence-electron chi connectivity index (χ2n) is 5.41. The second kappa shape index (κ2) is 4.43. The first-order valence-corrected chi connectivity index (χ1v) is 7.07. The molecule has 2 aromatic rings. The number of nitrogens with two attached hydrogens (primary N) is 1. The van der Waals surface area contributed by atoms with Crippen molar-refractivity contribution in [2.45, 2.75) is 38.5 Å². The van der Waals surface area contributed by atoms with E-state index >= 15 is 0 Å². The van der Waals surface area contributed by atoms with E-state index in [1.165, 1.54) is 47.0 Å². The van der Waals surface area contributed by atoms with Crippen LogP contribution in [0.2, 0.25) is 0 Å². The molecular weight excluding hydrogens is 220 g/mol. The van der Waals surface area contributed by atoms with Crippen molar-refractivity contribution in [1.82, 2.24) is 4.57 Å². The number of hydrogen-bond acceptors (Lipinski definition) is 1. The molecule has 0 fully saturated rings. The number of aryl methyl sites for hydroxylation is 2. The Morgan fingerprint density at radius 3 is 2.94 bits per heavy atom. The fourth-order valence-electron chi connectivity index (χ4n) is 3.62. The lowest BCUT2D eigenvalue weighted by Gasteiger charge is -2.22. The largest absolute Gasteiger partial charge is 0.347 e. The van der Waals surface area contributed by atoms with Crippen molar-refractivity contribution in [2.75, 3.05) is 6.54 Å². The summed E-state index contributed by atoms with van der Waals surface area (Å²) in [4.78, 5) is 0. The molecule has 0 bridgehead atoms. The summed E-state index contributed by atoms with van der Waals surface area (Å²) in [5, 5.41) is 1.45. The number of nitrogens with zero attached hydrogens (tertiary/aromatic N) is 1. The maximum atomic E-state index is 5.98. The average molecular weight is 242 g/mol. The molecule has 1 heterocycles. The fraction of sp³-hybridized carbons (Fsp3) is 0.500. The van der Waals surface area contributed by atoms with Crippen molar-refractivity contribution in [2.24, 2.45) is 12.8 Å². The minimum Gasteiger partial charge on any atom is -0.347 e. The summed E-state index contributed by atoms with van der Waals surface area (Å²) in [6, 6.07) is 6.73. The van der Waals surface area contributed by atoms with Gasteiger partial charge in [0.15, 0.2) is 0 Å². The first kappa shape index (κ1) is 11.8. The van der Waals surface area contributed by atoms with Gasteiger partial charge in [0.1, 0.15) is 0 Å². The van der Waals surface area contributed by atoms with E-state index < -0.39 is 0 Å². The van der Waals surface area contributed by atoms with Crippen LogP contribution in [0.1, 0.15) is 42.5 Å². The molecule has 1 aromatic carbocycles. The lowest BCUT2D eigenvalue weighted by atomic mass is 9.85. The third kappa shape index (κ3) is 1.52. The highest BCUT2D eigenvalue weighted by molar-refractivity contribution is 5.89. The molecule has 2 N–H and O–H groups in total. The molecule has 2 nitrogen and oxygen atoms in total. The van der Waals surface area contributed by atoms with Crippen LogP contribution in [0, 0.1) is 0 Å². The predicted molar refractivity (Wildman–Crippen MR) is 77.0 cm³/mol. The molecule has 0 saturated heterocycles. The Hall–Kier alpha value is -1.28. The summed E-state index contributed by atoms with van der Waals surface area (Å²) in [7, 11) is 2.22. The van der Waals surface area contributed by atoms with E-state index in [1.807, 2.05) is 0 Å². The van der Waals surface area contributed by atoms with Gasteiger partial charge >= 0.3 is 0 Å². The van der Waals surface area contributed by atoms with Gasteiger partial charge in [0.2, 0.25) is 0 Å². The third-order valence-corrected chi connectivity index (χ3v) is 4.50. The summed E-state index contributed by atoms with van der Waals surface area (Å²) in [6.07, 6.45) is 4.83. The molecule has 96 valence electrons. The molecular formula is C16H22N2. The van der Waals surface area contributed by atoms with Crippen LogP contribution in [-0.4, -0.2) is 11.1 Å². The van der Waals surface area contributed by atoms with Crippen molar-refractivity contribution in [3.63, 3.8) is 0 Å². The number of para-hydroxylation sites is 1. The van der Waals surface area contributed by atoms with Crippen molar-refractivity contribution in [3.8, 4) is 0 Å². The first-order valence-electron chi connectivity index (χ1n) is 7.07. The monoisotopic (exact) mass is 242 g/mol. The topological polar surface area (TPSA) is 30.9 Å². The SMILES string of the molecule is CCc1cccc2c3c(n(C)c12)CCCC3CN. The molecule has 1 unspecified atom stereocenters. The number of benzene rings is 1. The Balaban J connectivity index is 2.35. The minimum absolute atomic E-state index is 0.560. The van der Waals surface area contributed by atoms with Gasteiger partial charge in [-0.3, -0.25) is 0 Å². The van der Waals surface area contributed by atoms with Crippen molar-refractivity contribution >= 4 is 10.9 Å². The number of rotatable bonds is 2. The van der Waals surface area contributed by atoms with Gasteiger partial charge in [0, 0.05) is 18.1 Å². The van der Waals surface area contributed by atoms with Crippen LogP contribution in [0.15, 0.2) is 18.2 Å². The molecule has 1 aliphatic carbocycles. The minimum atomic E-state index is 0.560. The van der Waals surface area contributed by atoms with Crippen LogP contribution in [0.25, 0.3) is 10.9 Å². The highest BCUT2D eigenvalue weighted by Crippen LogP contribution is 2.39. The van der Waals surface area contributed by atoms with E-state index in [0.717, 1.165) is 13.0 Å². The van der Waals surface area contributed by atoms with Crippen LogP contribution in [0.5, 0.6) is 0 Å². The molecule has 0 spiro atoms. The van der Waals surface area contributed by atoms with Crippen molar-refractivity contribution < 1.29 is 0 Å². The molecule has 3 rings (SSSR count). The smallest absolute Gasteiger partial charge is 0.0515 e. The highest BCUT2D eigenvalue weighted by atomic mass is 15.0. The molecule has 1 aromatic heterocycles. The van der Waals surface area contributed by atoms with Crippen LogP contribution in [-0.2, 0) is 19.9 Å². The molecule has 1 aliphatic rings. The third-order valence-electron chi connectivity index (χ3n) is 4.50. The average Bonchev–Trinajstić information content (AvgIpc) is 2.73. The van der Waals surface area contributed by atoms with Gasteiger partial charge in [-0.2, -0.15) is 0 Å². The van der Waals surface area contributed by atoms with Gasteiger partial charge < -0.3 is 10.3 Å². The van der Waals surface area contributed by atoms with Gasteiger partial charge in [-0.25, -0.2) is 0 Å². The van der Waals surface area contributed by atoms with Crippen LogP contribution >= 0.6 is 0 Å². The number of fused-ring (bicyclic) bond motifs is 3. The first-order chi connectivity index (χ1) is 8.77. The molecule has 0 radical (unpaired) electrons. The number of hydrogen-bond donors (Lipinski definition) is 1. The maximum Gasteiger partial charge on any atom is 0.0515 e.